The van der Waals surface area contributed by atoms with Crippen LogP contribution in [0, 0.1) is 0 Å². The van der Waals surface area contributed by atoms with Gasteiger partial charge >= 0.3 is 6.03 Å². The third-order valence-electron chi connectivity index (χ3n) is 0.912. The van der Waals surface area contributed by atoms with Gasteiger partial charge < -0.3 is 11.5 Å². The third-order valence-corrected chi connectivity index (χ3v) is 0.912. The highest BCUT2D eigenvalue weighted by Gasteiger charge is 1.92. The zero-order chi connectivity index (χ0) is 7.28. The fraction of sp³-hybridized carbons (Fsp3) is 0.600. The summed E-state index contributed by atoms with van der Waals surface area (Å²) in [5.41, 5.74) is 10.6. The van der Waals surface area contributed by atoms with E-state index in [2.05, 4.69) is 4.99 Å². The minimum absolute atomic E-state index is 0.305. The van der Waals surface area contributed by atoms with Crippen LogP contribution in [0.3, 0.4) is 0 Å². The summed E-state index contributed by atoms with van der Waals surface area (Å²) < 4.78 is 0. The lowest BCUT2D eigenvalue weighted by molar-refractivity contribution is 0.256. The molecule has 0 unspecified atom stereocenters. The van der Waals surface area contributed by atoms with Gasteiger partial charge in [0.25, 0.3) is 0 Å². The van der Waals surface area contributed by atoms with E-state index in [1.807, 2.05) is 6.92 Å². The van der Waals surface area contributed by atoms with E-state index in [0.29, 0.717) is 18.7 Å². The molecule has 2 amide bonds. The highest BCUT2D eigenvalue weighted by atomic mass is 16.2. The van der Waals surface area contributed by atoms with Gasteiger partial charge in [-0.05, 0) is 6.42 Å². The van der Waals surface area contributed by atoms with Crippen molar-refractivity contribution in [2.75, 3.05) is 6.54 Å². The minimum atomic E-state index is -0.669. The van der Waals surface area contributed by atoms with Crippen molar-refractivity contribution < 1.29 is 4.79 Å². The molecule has 0 saturated carbocycles. The molecule has 0 aliphatic carbocycles. The number of primary amides is 1. The maximum Gasteiger partial charge on any atom is 0.338 e. The van der Waals surface area contributed by atoms with Gasteiger partial charge in [-0.1, -0.05) is 6.92 Å². The van der Waals surface area contributed by atoms with Crippen LogP contribution >= 0.6 is 0 Å². The van der Waals surface area contributed by atoms with Gasteiger partial charge in [0.2, 0.25) is 0 Å². The van der Waals surface area contributed by atoms with E-state index < -0.39 is 6.03 Å². The fourth-order valence-electron chi connectivity index (χ4n) is 0.425. The Kier molecular flexibility index (Phi) is 3.62. The van der Waals surface area contributed by atoms with Gasteiger partial charge in [-0.15, -0.1) is 0 Å². The van der Waals surface area contributed by atoms with Gasteiger partial charge in [-0.3, -0.25) is 0 Å². The molecule has 0 aromatic carbocycles. The SMILES string of the molecule is CC/C(CN)=N/C(N)=O. The second-order valence-electron chi connectivity index (χ2n) is 1.57. The molecule has 0 aliphatic rings. The molecule has 9 heavy (non-hydrogen) atoms. The van der Waals surface area contributed by atoms with E-state index in [-0.39, 0.29) is 0 Å². The van der Waals surface area contributed by atoms with Gasteiger partial charge in [0.15, 0.2) is 0 Å². The van der Waals surface area contributed by atoms with Crippen LogP contribution in [0.15, 0.2) is 4.99 Å². The summed E-state index contributed by atoms with van der Waals surface area (Å²) in [5, 5.41) is 0. The average Bonchev–Trinajstić information content (AvgIpc) is 1.82. The lowest BCUT2D eigenvalue weighted by Gasteiger charge is -1.93. The van der Waals surface area contributed by atoms with Crippen LogP contribution in [0.1, 0.15) is 13.3 Å². The Morgan fingerprint density at radius 2 is 2.22 bits per heavy atom. The first-order valence-electron chi connectivity index (χ1n) is 2.76. The second kappa shape index (κ2) is 4.03. The minimum Gasteiger partial charge on any atom is -0.350 e. The number of carbonyl (C=O) groups excluding carboxylic acids is 1. The molecular weight excluding hydrogens is 118 g/mol. The standard InChI is InChI=1S/C5H11N3O/c1-2-4(3-6)8-5(7)9/h2-3,6H2,1H3,(H2,7,9)/b8-4-. The van der Waals surface area contributed by atoms with Gasteiger partial charge in [-0.25, -0.2) is 9.79 Å². The first-order chi connectivity index (χ1) is 4.20. The molecule has 0 aliphatic heterocycles. The first kappa shape index (κ1) is 8.10. The van der Waals surface area contributed by atoms with Crippen LogP contribution in [-0.2, 0) is 0 Å². The van der Waals surface area contributed by atoms with Crippen molar-refractivity contribution in [1.29, 1.82) is 0 Å². The summed E-state index contributed by atoms with van der Waals surface area (Å²) in [7, 11) is 0. The smallest absolute Gasteiger partial charge is 0.338 e. The zero-order valence-electron chi connectivity index (χ0n) is 5.42. The van der Waals surface area contributed by atoms with Gasteiger partial charge in [-0.2, -0.15) is 0 Å². The van der Waals surface area contributed by atoms with E-state index in [9.17, 15) is 4.79 Å². The molecule has 0 saturated heterocycles. The molecule has 0 radical (unpaired) electrons. The summed E-state index contributed by atoms with van der Waals surface area (Å²) in [4.78, 5) is 13.6. The lowest BCUT2D eigenvalue weighted by atomic mass is 10.3. The molecular formula is C5H11N3O. The molecule has 4 N–H and O–H groups in total. The van der Waals surface area contributed by atoms with Crippen molar-refractivity contribution in [2.45, 2.75) is 13.3 Å². The Balaban J connectivity index is 3.91. The van der Waals surface area contributed by atoms with E-state index >= 15 is 0 Å². The predicted molar refractivity (Wildman–Crippen MR) is 36.4 cm³/mol. The van der Waals surface area contributed by atoms with E-state index in [4.69, 9.17) is 11.5 Å². The summed E-state index contributed by atoms with van der Waals surface area (Å²) in [6.45, 7) is 2.17. The number of rotatable bonds is 2. The van der Waals surface area contributed by atoms with E-state index in [1.165, 1.54) is 0 Å². The second-order valence-corrected chi connectivity index (χ2v) is 1.57. The Labute approximate surface area is 53.9 Å². The van der Waals surface area contributed by atoms with Crippen molar-refractivity contribution >= 4 is 11.7 Å². The molecule has 0 atom stereocenters. The monoisotopic (exact) mass is 129 g/mol. The molecule has 0 bridgehead atoms. The van der Waals surface area contributed by atoms with Crippen LogP contribution in [0.2, 0.25) is 0 Å². The summed E-state index contributed by atoms with van der Waals surface area (Å²) in [6, 6.07) is -0.669. The molecule has 0 aromatic heterocycles. The fourth-order valence-corrected chi connectivity index (χ4v) is 0.425. The van der Waals surface area contributed by atoms with Crippen LogP contribution < -0.4 is 11.5 Å². The number of carbonyl (C=O) groups is 1. The molecule has 0 heterocycles. The van der Waals surface area contributed by atoms with Crippen LogP contribution in [0.5, 0.6) is 0 Å². The maximum absolute atomic E-state index is 10.1. The van der Waals surface area contributed by atoms with Crippen molar-refractivity contribution in [3.8, 4) is 0 Å². The zero-order valence-corrected chi connectivity index (χ0v) is 5.42. The van der Waals surface area contributed by atoms with E-state index in [0.717, 1.165) is 0 Å². The lowest BCUT2D eigenvalue weighted by Crippen LogP contribution is -2.17. The molecule has 4 nitrogen and oxygen atoms in total. The number of nitrogens with zero attached hydrogens (tertiary/aromatic N) is 1. The predicted octanol–water partition coefficient (Wildman–Crippen LogP) is -0.125. The van der Waals surface area contributed by atoms with Crippen molar-refractivity contribution in [2.24, 2.45) is 16.5 Å². The molecule has 52 valence electrons. The first-order valence-corrected chi connectivity index (χ1v) is 2.76. The molecule has 0 aromatic rings. The summed E-state index contributed by atoms with van der Waals surface area (Å²) in [6.07, 6.45) is 0.680. The summed E-state index contributed by atoms with van der Waals surface area (Å²) in [5.74, 6) is 0. The number of hydrogen-bond acceptors (Lipinski definition) is 2. The van der Waals surface area contributed by atoms with Crippen LogP contribution in [-0.4, -0.2) is 18.3 Å². The number of hydrogen-bond donors (Lipinski definition) is 2. The number of amides is 2. The Bertz CT molecular complexity index is 124. The average molecular weight is 129 g/mol. The highest BCUT2D eigenvalue weighted by Crippen LogP contribution is 1.82. The van der Waals surface area contributed by atoms with Crippen molar-refractivity contribution in [3.05, 3.63) is 0 Å². The molecule has 0 spiro atoms. The highest BCUT2D eigenvalue weighted by molar-refractivity contribution is 5.95. The van der Waals surface area contributed by atoms with Crippen molar-refractivity contribution in [3.63, 3.8) is 0 Å². The number of urea groups is 1. The largest absolute Gasteiger partial charge is 0.350 e. The van der Waals surface area contributed by atoms with Crippen LogP contribution in [0.25, 0.3) is 0 Å². The molecule has 4 heteroatoms. The van der Waals surface area contributed by atoms with Gasteiger partial charge in [0.05, 0.1) is 0 Å². The maximum atomic E-state index is 10.1. The number of aliphatic imine (C=N–C) groups is 1. The van der Waals surface area contributed by atoms with Crippen molar-refractivity contribution in [1.82, 2.24) is 0 Å². The molecule has 0 fully saturated rings. The Morgan fingerprint density at radius 1 is 1.67 bits per heavy atom. The Morgan fingerprint density at radius 3 is 2.33 bits per heavy atom. The summed E-state index contributed by atoms with van der Waals surface area (Å²) >= 11 is 0. The Hall–Kier alpha value is -0.900. The van der Waals surface area contributed by atoms with Crippen LogP contribution in [0.4, 0.5) is 4.79 Å². The quantitative estimate of drug-likeness (QED) is 0.509. The normalized spacial score (nSPS) is 11.6. The van der Waals surface area contributed by atoms with Gasteiger partial charge in [0, 0.05) is 12.3 Å². The topological polar surface area (TPSA) is 81.5 Å². The van der Waals surface area contributed by atoms with E-state index in [1.54, 1.807) is 0 Å². The molecule has 0 rings (SSSR count). The number of nitrogens with two attached hydrogens (primary N) is 2. The van der Waals surface area contributed by atoms with Gasteiger partial charge in [0.1, 0.15) is 0 Å². The third kappa shape index (κ3) is 3.66.